The van der Waals surface area contributed by atoms with Gasteiger partial charge in [0.2, 0.25) is 5.91 Å². The number of nitro groups is 2. The molecule has 1 heterocycles. The molecule has 154 valence electrons. The normalized spacial score (nSPS) is 10.6. The Morgan fingerprint density at radius 2 is 1.83 bits per heavy atom. The summed E-state index contributed by atoms with van der Waals surface area (Å²) >= 11 is 6.87. The van der Waals surface area contributed by atoms with Crippen molar-refractivity contribution in [1.29, 1.82) is 0 Å². The molecule has 0 unspecified atom stereocenters. The summed E-state index contributed by atoms with van der Waals surface area (Å²) in [6.07, 6.45) is 0. The molecule has 1 N–H and O–H groups in total. The first-order valence-corrected chi connectivity index (χ1v) is 9.63. The molecule has 1 amide bonds. The zero-order chi connectivity index (χ0) is 21.8. The molecule has 0 radical (unpaired) electrons. The number of halogens is 1. The molecule has 0 spiro atoms. The van der Waals surface area contributed by atoms with Crippen LogP contribution in [0.25, 0.3) is 11.4 Å². The van der Waals surface area contributed by atoms with Gasteiger partial charge in [-0.2, -0.15) is 0 Å². The standard InChI is InChI=1S/C17H13ClN6O5S/c1-22-16(10-2-5-12(6-3-10)23(26)27)20-21-17(22)30-9-15(25)19-11-4-7-13(18)14(8-11)24(28)29/h2-8H,9H2,1H3,(H,19,25). The summed E-state index contributed by atoms with van der Waals surface area (Å²) < 4.78 is 1.66. The second-order valence-electron chi connectivity index (χ2n) is 5.93. The second-order valence-corrected chi connectivity index (χ2v) is 7.28. The fraction of sp³-hybridized carbons (Fsp3) is 0.118. The Bertz CT molecular complexity index is 1130. The van der Waals surface area contributed by atoms with E-state index >= 15 is 0 Å². The molecule has 0 aliphatic rings. The lowest BCUT2D eigenvalue weighted by atomic mass is 10.2. The minimum atomic E-state index is -0.633. The molecule has 11 nitrogen and oxygen atoms in total. The molecule has 30 heavy (non-hydrogen) atoms. The smallest absolute Gasteiger partial charge is 0.289 e. The predicted molar refractivity (Wildman–Crippen MR) is 111 cm³/mol. The minimum absolute atomic E-state index is 0.0113. The van der Waals surface area contributed by atoms with E-state index in [9.17, 15) is 25.0 Å². The number of carbonyl (C=O) groups is 1. The van der Waals surface area contributed by atoms with E-state index in [0.29, 0.717) is 16.5 Å². The number of rotatable bonds is 7. The molecule has 0 bridgehead atoms. The third-order valence-electron chi connectivity index (χ3n) is 3.93. The number of anilines is 1. The molecule has 0 saturated heterocycles. The van der Waals surface area contributed by atoms with Crippen molar-refractivity contribution in [1.82, 2.24) is 14.8 Å². The third-order valence-corrected chi connectivity index (χ3v) is 5.27. The SMILES string of the molecule is Cn1c(SCC(=O)Nc2ccc(Cl)c([N+](=O)[O-])c2)nnc1-c1ccc([N+](=O)[O-])cc1. The van der Waals surface area contributed by atoms with Gasteiger partial charge < -0.3 is 9.88 Å². The van der Waals surface area contributed by atoms with E-state index in [1.54, 1.807) is 23.7 Å². The van der Waals surface area contributed by atoms with Gasteiger partial charge in [-0.1, -0.05) is 23.4 Å². The van der Waals surface area contributed by atoms with Crippen molar-refractivity contribution in [3.8, 4) is 11.4 Å². The average molecular weight is 449 g/mol. The first-order valence-electron chi connectivity index (χ1n) is 8.27. The number of aromatic nitrogens is 3. The third kappa shape index (κ3) is 4.72. The summed E-state index contributed by atoms with van der Waals surface area (Å²) in [5, 5.41) is 32.8. The van der Waals surface area contributed by atoms with Crippen LogP contribution in [-0.2, 0) is 11.8 Å². The van der Waals surface area contributed by atoms with E-state index in [-0.39, 0.29) is 27.8 Å². The molecule has 1 aromatic heterocycles. The lowest BCUT2D eigenvalue weighted by Gasteiger charge is -2.06. The van der Waals surface area contributed by atoms with Crippen LogP contribution in [-0.4, -0.2) is 36.3 Å². The van der Waals surface area contributed by atoms with Gasteiger partial charge >= 0.3 is 0 Å². The summed E-state index contributed by atoms with van der Waals surface area (Å²) in [5.41, 5.74) is 0.555. The molecule has 2 aromatic carbocycles. The van der Waals surface area contributed by atoms with Gasteiger partial charge in [-0.3, -0.25) is 25.0 Å². The fourth-order valence-corrected chi connectivity index (χ4v) is 3.38. The van der Waals surface area contributed by atoms with Gasteiger partial charge in [-0.05, 0) is 24.3 Å². The molecular formula is C17H13ClN6O5S. The van der Waals surface area contributed by atoms with Gasteiger partial charge in [-0.25, -0.2) is 0 Å². The van der Waals surface area contributed by atoms with Crippen LogP contribution >= 0.6 is 23.4 Å². The van der Waals surface area contributed by atoms with Gasteiger partial charge in [0.15, 0.2) is 11.0 Å². The molecule has 0 aliphatic carbocycles. The van der Waals surface area contributed by atoms with Crippen LogP contribution in [0.2, 0.25) is 5.02 Å². The Morgan fingerprint density at radius 3 is 2.47 bits per heavy atom. The average Bonchev–Trinajstić information content (AvgIpc) is 3.08. The lowest BCUT2D eigenvalue weighted by molar-refractivity contribution is -0.384. The number of nitrogens with zero attached hydrogens (tertiary/aromatic N) is 5. The number of hydrogen-bond donors (Lipinski definition) is 1. The van der Waals surface area contributed by atoms with Crippen LogP contribution in [0.15, 0.2) is 47.6 Å². The Hall–Kier alpha value is -3.51. The van der Waals surface area contributed by atoms with Crippen LogP contribution in [0.3, 0.4) is 0 Å². The van der Waals surface area contributed by atoms with Crippen LogP contribution in [0, 0.1) is 20.2 Å². The highest BCUT2D eigenvalue weighted by Gasteiger charge is 2.16. The first-order chi connectivity index (χ1) is 14.3. The van der Waals surface area contributed by atoms with Gasteiger partial charge in [0.25, 0.3) is 11.4 Å². The largest absolute Gasteiger partial charge is 0.325 e. The summed E-state index contributed by atoms with van der Waals surface area (Å²) in [5.74, 6) is 0.0838. The highest BCUT2D eigenvalue weighted by molar-refractivity contribution is 7.99. The lowest BCUT2D eigenvalue weighted by Crippen LogP contribution is -2.14. The first kappa shape index (κ1) is 21.2. The molecular weight excluding hydrogens is 436 g/mol. The van der Waals surface area contributed by atoms with Crippen molar-refractivity contribution in [2.75, 3.05) is 11.1 Å². The van der Waals surface area contributed by atoms with Crippen LogP contribution in [0.1, 0.15) is 0 Å². The van der Waals surface area contributed by atoms with Crippen molar-refractivity contribution in [3.05, 3.63) is 67.7 Å². The van der Waals surface area contributed by atoms with E-state index in [1.807, 2.05) is 0 Å². The summed E-state index contributed by atoms with van der Waals surface area (Å²) in [6, 6.07) is 9.85. The van der Waals surface area contributed by atoms with Gasteiger partial charge in [0.1, 0.15) is 5.02 Å². The van der Waals surface area contributed by atoms with E-state index in [1.165, 1.54) is 30.3 Å². The topological polar surface area (TPSA) is 146 Å². The highest BCUT2D eigenvalue weighted by atomic mass is 35.5. The summed E-state index contributed by atoms with van der Waals surface area (Å²) in [4.78, 5) is 32.8. The zero-order valence-corrected chi connectivity index (χ0v) is 16.9. The molecule has 0 fully saturated rings. The second kappa shape index (κ2) is 8.88. The van der Waals surface area contributed by atoms with Gasteiger partial charge in [0, 0.05) is 36.5 Å². The Balaban J connectivity index is 1.65. The number of carbonyl (C=O) groups excluding carboxylic acids is 1. The summed E-state index contributed by atoms with van der Waals surface area (Å²) in [6.45, 7) is 0. The Kier molecular flexibility index (Phi) is 6.28. The van der Waals surface area contributed by atoms with Gasteiger partial charge in [-0.15, -0.1) is 10.2 Å². The Labute approximate surface area is 178 Å². The number of amides is 1. The fourth-order valence-electron chi connectivity index (χ4n) is 2.48. The molecule has 13 heteroatoms. The molecule has 3 rings (SSSR count). The van der Waals surface area contributed by atoms with Crippen molar-refractivity contribution in [2.24, 2.45) is 7.05 Å². The van der Waals surface area contributed by atoms with Crippen molar-refractivity contribution in [2.45, 2.75) is 5.16 Å². The van der Waals surface area contributed by atoms with Crippen molar-refractivity contribution in [3.63, 3.8) is 0 Å². The van der Waals surface area contributed by atoms with E-state index < -0.39 is 15.8 Å². The molecule has 3 aromatic rings. The van der Waals surface area contributed by atoms with Crippen LogP contribution in [0.4, 0.5) is 17.1 Å². The quantitative estimate of drug-likeness (QED) is 0.327. The number of non-ortho nitro benzene ring substituents is 1. The summed E-state index contributed by atoms with van der Waals surface area (Å²) in [7, 11) is 1.71. The van der Waals surface area contributed by atoms with Crippen LogP contribution < -0.4 is 5.32 Å². The van der Waals surface area contributed by atoms with E-state index in [2.05, 4.69) is 15.5 Å². The van der Waals surface area contributed by atoms with Crippen LogP contribution in [0.5, 0.6) is 0 Å². The number of nitro benzene ring substituents is 2. The van der Waals surface area contributed by atoms with E-state index in [4.69, 9.17) is 11.6 Å². The van der Waals surface area contributed by atoms with Crippen molar-refractivity contribution >= 4 is 46.3 Å². The molecule has 0 atom stereocenters. The predicted octanol–water partition coefficient (Wildman–Crippen LogP) is 3.68. The highest BCUT2D eigenvalue weighted by Crippen LogP contribution is 2.28. The maximum absolute atomic E-state index is 12.2. The minimum Gasteiger partial charge on any atom is -0.325 e. The van der Waals surface area contributed by atoms with E-state index in [0.717, 1.165) is 11.8 Å². The Morgan fingerprint density at radius 1 is 1.13 bits per heavy atom. The zero-order valence-electron chi connectivity index (χ0n) is 15.3. The number of thioether (sulfide) groups is 1. The number of benzene rings is 2. The monoisotopic (exact) mass is 448 g/mol. The van der Waals surface area contributed by atoms with Gasteiger partial charge in [0.05, 0.1) is 15.6 Å². The van der Waals surface area contributed by atoms with Crippen molar-refractivity contribution < 1.29 is 14.6 Å². The molecule has 0 saturated carbocycles. The number of hydrogen-bond acceptors (Lipinski definition) is 8. The maximum Gasteiger partial charge on any atom is 0.289 e. The maximum atomic E-state index is 12.2. The number of nitrogens with one attached hydrogen (secondary N) is 1. The molecule has 0 aliphatic heterocycles.